The molecule has 5 nitrogen and oxygen atoms in total. The molecule has 0 radical (unpaired) electrons. The Morgan fingerprint density at radius 1 is 1.13 bits per heavy atom. The summed E-state index contributed by atoms with van der Waals surface area (Å²) in [5.41, 5.74) is 0. The molecule has 0 spiro atoms. The van der Waals surface area contributed by atoms with E-state index in [-0.39, 0.29) is 12.2 Å². The average Bonchev–Trinajstić information content (AvgIpc) is 2.21. The molecule has 6 heteroatoms. The molecule has 0 bridgehead atoms. The second-order valence-electron chi connectivity index (χ2n) is 3.20. The molecular formula is C9H18O5S. The lowest BCUT2D eigenvalue weighted by Crippen LogP contribution is -2.14. The second-order valence-corrected chi connectivity index (χ2v) is 4.86. The van der Waals surface area contributed by atoms with Gasteiger partial charge in [0.05, 0.1) is 5.75 Å². The Kier molecular flexibility index (Phi) is 7.33. The van der Waals surface area contributed by atoms with Gasteiger partial charge in [0.15, 0.2) is 0 Å². The van der Waals surface area contributed by atoms with Crippen LogP contribution in [0.5, 0.6) is 0 Å². The molecule has 0 unspecified atom stereocenters. The molecule has 90 valence electrons. The highest BCUT2D eigenvalue weighted by molar-refractivity contribution is 7.86. The predicted octanol–water partition coefficient (Wildman–Crippen LogP) is 1.78. The molecule has 0 aromatic heterocycles. The SMILES string of the molecule is CCCCCCS(=O)(=O)OOC(=O)CC. The lowest BCUT2D eigenvalue weighted by molar-refractivity contribution is -0.210. The molecule has 0 saturated carbocycles. The minimum Gasteiger partial charge on any atom is -0.282 e. The smallest absolute Gasteiger partial charge is 0.282 e. The standard InChI is InChI=1S/C9H18O5S/c1-3-5-6-7-8-15(11,12)14-13-9(10)4-2/h3-8H2,1-2H3. The van der Waals surface area contributed by atoms with Gasteiger partial charge < -0.3 is 0 Å². The topological polar surface area (TPSA) is 69.7 Å². The van der Waals surface area contributed by atoms with Crippen LogP contribution in [0.3, 0.4) is 0 Å². The van der Waals surface area contributed by atoms with Crippen molar-refractivity contribution in [3.63, 3.8) is 0 Å². The van der Waals surface area contributed by atoms with E-state index >= 15 is 0 Å². The average molecular weight is 238 g/mol. The zero-order chi connectivity index (χ0) is 11.7. The maximum absolute atomic E-state index is 11.1. The van der Waals surface area contributed by atoms with Crippen molar-refractivity contribution in [3.05, 3.63) is 0 Å². The van der Waals surface area contributed by atoms with Crippen molar-refractivity contribution in [1.82, 2.24) is 0 Å². The number of hydrogen-bond donors (Lipinski definition) is 0. The molecule has 0 heterocycles. The van der Waals surface area contributed by atoms with E-state index in [0.29, 0.717) is 6.42 Å². The maximum Gasteiger partial charge on any atom is 0.343 e. The van der Waals surface area contributed by atoms with Crippen LogP contribution in [0.4, 0.5) is 0 Å². The maximum atomic E-state index is 11.1. The Bertz CT molecular complexity index is 270. The van der Waals surface area contributed by atoms with Crippen LogP contribution < -0.4 is 0 Å². The molecule has 0 saturated heterocycles. The zero-order valence-corrected chi connectivity index (χ0v) is 10.0. The highest BCUT2D eigenvalue weighted by atomic mass is 32.2. The molecule has 0 fully saturated rings. The lowest BCUT2D eigenvalue weighted by atomic mass is 10.2. The Labute approximate surface area is 90.8 Å². The summed E-state index contributed by atoms with van der Waals surface area (Å²) in [6.45, 7) is 3.59. The van der Waals surface area contributed by atoms with Gasteiger partial charge in [-0.3, -0.25) is 4.89 Å². The van der Waals surface area contributed by atoms with E-state index < -0.39 is 16.1 Å². The molecule has 0 atom stereocenters. The molecule has 0 aromatic rings. The largest absolute Gasteiger partial charge is 0.343 e. The van der Waals surface area contributed by atoms with Crippen molar-refractivity contribution in [3.8, 4) is 0 Å². The van der Waals surface area contributed by atoms with Gasteiger partial charge in [0.2, 0.25) is 0 Å². The fourth-order valence-electron chi connectivity index (χ4n) is 0.888. The van der Waals surface area contributed by atoms with Crippen molar-refractivity contribution in [2.75, 3.05) is 5.75 Å². The Balaban J connectivity index is 3.73. The number of carbonyl (C=O) groups is 1. The van der Waals surface area contributed by atoms with Gasteiger partial charge in [0.25, 0.3) is 0 Å². The Morgan fingerprint density at radius 2 is 1.80 bits per heavy atom. The summed E-state index contributed by atoms with van der Waals surface area (Å²) in [6, 6.07) is 0. The number of carbonyl (C=O) groups excluding carboxylic acids is 1. The van der Waals surface area contributed by atoms with E-state index in [1.807, 2.05) is 6.92 Å². The highest BCUT2D eigenvalue weighted by Crippen LogP contribution is 2.04. The molecule has 0 aromatic carbocycles. The van der Waals surface area contributed by atoms with Crippen molar-refractivity contribution in [2.45, 2.75) is 46.0 Å². The third-order valence-corrected chi connectivity index (χ3v) is 2.83. The van der Waals surface area contributed by atoms with Crippen LogP contribution >= 0.6 is 0 Å². The first kappa shape index (κ1) is 14.4. The first-order valence-electron chi connectivity index (χ1n) is 5.13. The normalized spacial score (nSPS) is 11.3. The minimum absolute atomic E-state index is 0.0886. The molecule has 0 aliphatic carbocycles. The van der Waals surface area contributed by atoms with Crippen LogP contribution in [0.25, 0.3) is 0 Å². The van der Waals surface area contributed by atoms with E-state index in [9.17, 15) is 13.2 Å². The van der Waals surface area contributed by atoms with Crippen molar-refractivity contribution >= 4 is 16.1 Å². The first-order chi connectivity index (χ1) is 7.02. The fraction of sp³-hybridized carbons (Fsp3) is 0.889. The van der Waals surface area contributed by atoms with Crippen LogP contribution in [-0.2, 0) is 24.1 Å². The molecule has 0 N–H and O–H groups in total. The van der Waals surface area contributed by atoms with E-state index in [1.54, 1.807) is 6.92 Å². The van der Waals surface area contributed by atoms with Crippen molar-refractivity contribution in [1.29, 1.82) is 0 Å². The monoisotopic (exact) mass is 238 g/mol. The van der Waals surface area contributed by atoms with Gasteiger partial charge in [-0.2, -0.15) is 8.42 Å². The lowest BCUT2D eigenvalue weighted by Gasteiger charge is -2.03. The van der Waals surface area contributed by atoms with Crippen LogP contribution in [0.1, 0.15) is 46.0 Å². The number of hydrogen-bond acceptors (Lipinski definition) is 5. The third-order valence-electron chi connectivity index (χ3n) is 1.77. The van der Waals surface area contributed by atoms with E-state index in [4.69, 9.17) is 0 Å². The van der Waals surface area contributed by atoms with Gasteiger partial charge in [-0.05, 0) is 6.42 Å². The summed E-state index contributed by atoms with van der Waals surface area (Å²) >= 11 is 0. The molecule has 0 rings (SSSR count). The zero-order valence-electron chi connectivity index (χ0n) is 9.19. The molecule has 0 aliphatic heterocycles. The highest BCUT2D eigenvalue weighted by Gasteiger charge is 2.14. The van der Waals surface area contributed by atoms with Gasteiger partial charge in [-0.25, -0.2) is 4.79 Å². The van der Waals surface area contributed by atoms with E-state index in [0.717, 1.165) is 19.3 Å². The number of rotatable bonds is 8. The summed E-state index contributed by atoms with van der Waals surface area (Å²) in [5, 5.41) is 0. The minimum atomic E-state index is -3.71. The Hall–Kier alpha value is -0.620. The molecule has 15 heavy (non-hydrogen) atoms. The van der Waals surface area contributed by atoms with Gasteiger partial charge in [0.1, 0.15) is 0 Å². The van der Waals surface area contributed by atoms with Crippen LogP contribution in [0.2, 0.25) is 0 Å². The van der Waals surface area contributed by atoms with Crippen LogP contribution in [-0.4, -0.2) is 20.1 Å². The Morgan fingerprint density at radius 3 is 2.33 bits per heavy atom. The van der Waals surface area contributed by atoms with E-state index in [1.165, 1.54) is 0 Å². The van der Waals surface area contributed by atoms with Gasteiger partial charge >= 0.3 is 16.1 Å². The van der Waals surface area contributed by atoms with Crippen LogP contribution in [0, 0.1) is 0 Å². The van der Waals surface area contributed by atoms with Crippen LogP contribution in [0.15, 0.2) is 0 Å². The molecule has 0 amide bonds. The summed E-state index contributed by atoms with van der Waals surface area (Å²) in [7, 11) is -3.71. The first-order valence-corrected chi connectivity index (χ1v) is 6.71. The quantitative estimate of drug-likeness (QED) is 0.366. The molecule has 0 aliphatic rings. The van der Waals surface area contributed by atoms with Gasteiger partial charge in [-0.15, -0.1) is 0 Å². The third kappa shape index (κ3) is 8.38. The van der Waals surface area contributed by atoms with Crippen molar-refractivity contribution in [2.24, 2.45) is 0 Å². The van der Waals surface area contributed by atoms with E-state index in [2.05, 4.69) is 9.22 Å². The van der Waals surface area contributed by atoms with Gasteiger partial charge in [-0.1, -0.05) is 37.4 Å². The second kappa shape index (κ2) is 7.64. The van der Waals surface area contributed by atoms with Gasteiger partial charge in [0, 0.05) is 6.42 Å². The molecular weight excluding hydrogens is 220 g/mol. The fourth-order valence-corrected chi connectivity index (χ4v) is 1.69. The summed E-state index contributed by atoms with van der Waals surface area (Å²) in [5.74, 6) is -0.795. The number of unbranched alkanes of at least 4 members (excludes halogenated alkanes) is 3. The van der Waals surface area contributed by atoms with Crippen molar-refractivity contribution < 1.29 is 22.4 Å². The summed E-state index contributed by atoms with van der Waals surface area (Å²) in [6.07, 6.45) is 3.47. The predicted molar refractivity (Wildman–Crippen MR) is 55.4 cm³/mol. The summed E-state index contributed by atoms with van der Waals surface area (Å²) in [4.78, 5) is 14.7. The summed E-state index contributed by atoms with van der Waals surface area (Å²) < 4.78 is 26.3.